The second-order valence-corrected chi connectivity index (χ2v) is 4.88. The maximum atomic E-state index is 6.16. The Morgan fingerprint density at radius 1 is 1.31 bits per heavy atom. The lowest BCUT2D eigenvalue weighted by Gasteiger charge is -2.19. The Morgan fingerprint density at radius 2 is 2.00 bits per heavy atom. The molecule has 0 radical (unpaired) electrons. The highest BCUT2D eigenvalue weighted by atomic mass is 35.5. The molecule has 16 heavy (non-hydrogen) atoms. The summed E-state index contributed by atoms with van der Waals surface area (Å²) in [5, 5.41) is 0.542. The van der Waals surface area contributed by atoms with E-state index >= 15 is 0 Å². The van der Waals surface area contributed by atoms with Gasteiger partial charge in [-0.3, -0.25) is 0 Å². The lowest BCUT2D eigenvalue weighted by atomic mass is 10.1. The van der Waals surface area contributed by atoms with Gasteiger partial charge in [-0.05, 0) is 26.2 Å². The molecule has 0 amide bonds. The van der Waals surface area contributed by atoms with Crippen LogP contribution >= 0.6 is 11.6 Å². The van der Waals surface area contributed by atoms with Crippen LogP contribution in [0.5, 0.6) is 0 Å². The fourth-order valence-electron chi connectivity index (χ4n) is 2.12. The van der Waals surface area contributed by atoms with E-state index in [2.05, 4.69) is 21.8 Å². The minimum absolute atomic E-state index is 0.542. The van der Waals surface area contributed by atoms with Gasteiger partial charge in [0.1, 0.15) is 0 Å². The molecule has 4 heteroatoms. The number of anilines is 1. The smallest absolute Gasteiger partial charge is 0.171 e. The van der Waals surface area contributed by atoms with E-state index in [1.54, 1.807) is 0 Å². The SMILES string of the molecule is CCC1CCN(c2nc(C)c(C)nc2Cl)C1. The first-order chi connectivity index (χ1) is 7.61. The number of hydrogen-bond acceptors (Lipinski definition) is 3. The molecule has 1 unspecified atom stereocenters. The van der Waals surface area contributed by atoms with E-state index in [1.165, 1.54) is 12.8 Å². The summed E-state index contributed by atoms with van der Waals surface area (Å²) >= 11 is 6.16. The van der Waals surface area contributed by atoms with Crippen molar-refractivity contribution in [3.05, 3.63) is 16.5 Å². The van der Waals surface area contributed by atoms with Crippen LogP contribution in [0.4, 0.5) is 5.82 Å². The Labute approximate surface area is 102 Å². The number of halogens is 1. The van der Waals surface area contributed by atoms with Crippen LogP contribution in [0.25, 0.3) is 0 Å². The molecular formula is C12H18ClN3. The summed E-state index contributed by atoms with van der Waals surface area (Å²) in [7, 11) is 0. The first-order valence-corrected chi connectivity index (χ1v) is 6.25. The summed E-state index contributed by atoms with van der Waals surface area (Å²) < 4.78 is 0. The molecule has 0 saturated carbocycles. The second-order valence-electron chi connectivity index (χ2n) is 4.52. The van der Waals surface area contributed by atoms with Gasteiger partial charge in [-0.2, -0.15) is 0 Å². The monoisotopic (exact) mass is 239 g/mol. The van der Waals surface area contributed by atoms with Crippen molar-refractivity contribution < 1.29 is 0 Å². The van der Waals surface area contributed by atoms with Crippen LogP contribution in [0, 0.1) is 19.8 Å². The molecule has 0 bridgehead atoms. The predicted molar refractivity (Wildman–Crippen MR) is 67.1 cm³/mol. The molecular weight excluding hydrogens is 222 g/mol. The Hall–Kier alpha value is -0.830. The lowest BCUT2D eigenvalue weighted by molar-refractivity contribution is 0.568. The molecule has 88 valence electrons. The van der Waals surface area contributed by atoms with Crippen LogP contribution in [0.15, 0.2) is 0 Å². The van der Waals surface area contributed by atoms with Crippen LogP contribution in [0.3, 0.4) is 0 Å². The van der Waals surface area contributed by atoms with Crippen molar-refractivity contribution in [2.24, 2.45) is 5.92 Å². The Kier molecular flexibility index (Phi) is 3.33. The van der Waals surface area contributed by atoms with Crippen molar-refractivity contribution >= 4 is 17.4 Å². The number of aryl methyl sites for hydroxylation is 2. The van der Waals surface area contributed by atoms with E-state index in [0.717, 1.165) is 36.2 Å². The highest BCUT2D eigenvalue weighted by Gasteiger charge is 2.24. The van der Waals surface area contributed by atoms with Gasteiger partial charge in [0.15, 0.2) is 11.0 Å². The minimum atomic E-state index is 0.542. The minimum Gasteiger partial charge on any atom is -0.354 e. The second kappa shape index (κ2) is 4.58. The number of hydrogen-bond donors (Lipinski definition) is 0. The molecule has 1 saturated heterocycles. The van der Waals surface area contributed by atoms with Crippen molar-refractivity contribution in [2.75, 3.05) is 18.0 Å². The Morgan fingerprint density at radius 3 is 2.62 bits per heavy atom. The van der Waals surface area contributed by atoms with Crippen molar-refractivity contribution in [1.29, 1.82) is 0 Å². The van der Waals surface area contributed by atoms with Gasteiger partial charge in [0, 0.05) is 13.1 Å². The van der Waals surface area contributed by atoms with Gasteiger partial charge < -0.3 is 4.90 Å². The summed E-state index contributed by atoms with van der Waals surface area (Å²) in [4.78, 5) is 11.1. The number of rotatable bonds is 2. The average Bonchev–Trinajstić information content (AvgIpc) is 2.71. The van der Waals surface area contributed by atoms with E-state index in [0.29, 0.717) is 5.15 Å². The standard InChI is InChI=1S/C12H18ClN3/c1-4-10-5-6-16(7-10)12-11(13)14-8(2)9(3)15-12/h10H,4-7H2,1-3H3. The van der Waals surface area contributed by atoms with E-state index in [-0.39, 0.29) is 0 Å². The van der Waals surface area contributed by atoms with E-state index in [1.807, 2.05) is 13.8 Å². The molecule has 0 N–H and O–H groups in total. The first-order valence-electron chi connectivity index (χ1n) is 5.87. The van der Waals surface area contributed by atoms with Crippen LogP contribution < -0.4 is 4.90 Å². The van der Waals surface area contributed by atoms with Crippen LogP contribution in [0.2, 0.25) is 5.15 Å². The molecule has 0 aliphatic carbocycles. The molecule has 0 aromatic carbocycles. The van der Waals surface area contributed by atoms with Crippen molar-refractivity contribution in [1.82, 2.24) is 9.97 Å². The topological polar surface area (TPSA) is 29.0 Å². The van der Waals surface area contributed by atoms with Gasteiger partial charge in [-0.15, -0.1) is 0 Å². The number of nitrogens with zero attached hydrogens (tertiary/aromatic N) is 3. The van der Waals surface area contributed by atoms with Crippen molar-refractivity contribution in [3.63, 3.8) is 0 Å². The predicted octanol–water partition coefficient (Wildman–Crippen LogP) is 2.98. The fraction of sp³-hybridized carbons (Fsp3) is 0.667. The molecule has 1 aliphatic heterocycles. The van der Waals surface area contributed by atoms with Gasteiger partial charge in [0.25, 0.3) is 0 Å². The Balaban J connectivity index is 2.24. The number of aromatic nitrogens is 2. The molecule has 1 aliphatic rings. The summed E-state index contributed by atoms with van der Waals surface area (Å²) in [6, 6.07) is 0. The third kappa shape index (κ3) is 2.14. The summed E-state index contributed by atoms with van der Waals surface area (Å²) in [5.74, 6) is 1.64. The van der Waals surface area contributed by atoms with Crippen LogP contribution in [-0.2, 0) is 0 Å². The largest absolute Gasteiger partial charge is 0.354 e. The molecule has 2 heterocycles. The van der Waals surface area contributed by atoms with Crippen LogP contribution in [0.1, 0.15) is 31.2 Å². The van der Waals surface area contributed by atoms with Crippen molar-refractivity contribution in [2.45, 2.75) is 33.6 Å². The summed E-state index contributed by atoms with van der Waals surface area (Å²) in [5.41, 5.74) is 1.89. The van der Waals surface area contributed by atoms with E-state index in [9.17, 15) is 0 Å². The van der Waals surface area contributed by atoms with Gasteiger partial charge >= 0.3 is 0 Å². The zero-order valence-corrected chi connectivity index (χ0v) is 10.9. The zero-order valence-electron chi connectivity index (χ0n) is 10.1. The summed E-state index contributed by atoms with van der Waals surface area (Å²) in [6.07, 6.45) is 2.47. The molecule has 1 aromatic heterocycles. The molecule has 3 nitrogen and oxygen atoms in total. The normalized spacial score (nSPS) is 20.5. The van der Waals surface area contributed by atoms with Crippen molar-refractivity contribution in [3.8, 4) is 0 Å². The molecule has 2 rings (SSSR count). The van der Waals surface area contributed by atoms with Crippen LogP contribution in [-0.4, -0.2) is 23.1 Å². The van der Waals surface area contributed by atoms with E-state index in [4.69, 9.17) is 11.6 Å². The highest BCUT2D eigenvalue weighted by molar-refractivity contribution is 6.31. The molecule has 0 spiro atoms. The fourth-order valence-corrected chi connectivity index (χ4v) is 2.41. The molecule has 1 fully saturated rings. The average molecular weight is 240 g/mol. The van der Waals surface area contributed by atoms with Gasteiger partial charge in [0.05, 0.1) is 11.4 Å². The lowest BCUT2D eigenvalue weighted by Crippen LogP contribution is -2.22. The molecule has 1 atom stereocenters. The van der Waals surface area contributed by atoms with Gasteiger partial charge in [-0.1, -0.05) is 24.9 Å². The van der Waals surface area contributed by atoms with Gasteiger partial charge in [-0.25, -0.2) is 9.97 Å². The summed E-state index contributed by atoms with van der Waals surface area (Å²) in [6.45, 7) is 8.27. The third-order valence-corrected chi connectivity index (χ3v) is 3.66. The maximum Gasteiger partial charge on any atom is 0.171 e. The highest BCUT2D eigenvalue weighted by Crippen LogP contribution is 2.29. The zero-order chi connectivity index (χ0) is 11.7. The third-order valence-electron chi connectivity index (χ3n) is 3.41. The van der Waals surface area contributed by atoms with E-state index < -0.39 is 0 Å². The molecule has 1 aromatic rings. The van der Waals surface area contributed by atoms with Gasteiger partial charge in [0.2, 0.25) is 0 Å². The first kappa shape index (κ1) is 11.6. The maximum absolute atomic E-state index is 6.16. The Bertz CT molecular complexity index is 392. The quantitative estimate of drug-likeness (QED) is 0.795.